The molecular formula is C18H24O2. The summed E-state index contributed by atoms with van der Waals surface area (Å²) in [5, 5.41) is 11.1. The van der Waals surface area contributed by atoms with Gasteiger partial charge in [0.15, 0.2) is 0 Å². The van der Waals surface area contributed by atoms with Crippen molar-refractivity contribution < 1.29 is 9.84 Å². The van der Waals surface area contributed by atoms with Gasteiger partial charge in [0.25, 0.3) is 0 Å². The van der Waals surface area contributed by atoms with Crippen molar-refractivity contribution in [2.24, 2.45) is 0 Å². The molecule has 1 aromatic carbocycles. The van der Waals surface area contributed by atoms with Crippen molar-refractivity contribution in [2.45, 2.75) is 57.0 Å². The summed E-state index contributed by atoms with van der Waals surface area (Å²) in [6.45, 7) is 0. The van der Waals surface area contributed by atoms with Gasteiger partial charge in [-0.2, -0.15) is 0 Å². The predicted octanol–water partition coefficient (Wildman–Crippen LogP) is 3.81. The van der Waals surface area contributed by atoms with Gasteiger partial charge >= 0.3 is 0 Å². The molecule has 1 unspecified atom stereocenters. The molecule has 108 valence electrons. The minimum Gasteiger partial charge on any atom is -0.497 e. The lowest BCUT2D eigenvalue weighted by Gasteiger charge is -2.36. The molecule has 2 nitrogen and oxygen atoms in total. The summed E-state index contributed by atoms with van der Waals surface area (Å²) in [5.41, 5.74) is 3.28. The van der Waals surface area contributed by atoms with E-state index in [1.54, 1.807) is 7.11 Å². The van der Waals surface area contributed by atoms with E-state index in [0.29, 0.717) is 0 Å². The predicted molar refractivity (Wildman–Crippen MR) is 81.1 cm³/mol. The summed E-state index contributed by atoms with van der Waals surface area (Å²) in [6.07, 6.45) is 10.8. The van der Waals surface area contributed by atoms with Gasteiger partial charge in [-0.3, -0.25) is 0 Å². The molecule has 0 aromatic heterocycles. The molecule has 0 saturated heterocycles. The molecule has 0 radical (unpaired) electrons. The zero-order chi connectivity index (χ0) is 14.0. The van der Waals surface area contributed by atoms with Gasteiger partial charge in [-0.05, 0) is 67.4 Å². The molecule has 1 atom stereocenters. The second-order valence-corrected chi connectivity index (χ2v) is 6.17. The highest BCUT2D eigenvalue weighted by molar-refractivity contribution is 5.40. The molecule has 3 rings (SSSR count). The maximum absolute atomic E-state index is 11.1. The molecular weight excluding hydrogens is 248 g/mol. The molecule has 0 aliphatic heterocycles. The summed E-state index contributed by atoms with van der Waals surface area (Å²) in [5.74, 6) is 0.892. The fourth-order valence-electron chi connectivity index (χ4n) is 3.59. The average molecular weight is 272 g/mol. The quantitative estimate of drug-likeness (QED) is 0.830. The van der Waals surface area contributed by atoms with Crippen LogP contribution >= 0.6 is 0 Å². The largest absolute Gasteiger partial charge is 0.497 e. The van der Waals surface area contributed by atoms with E-state index in [1.807, 2.05) is 6.07 Å². The lowest BCUT2D eigenvalue weighted by molar-refractivity contribution is 0.0598. The Morgan fingerprint density at radius 2 is 2.00 bits per heavy atom. The van der Waals surface area contributed by atoms with Gasteiger partial charge in [-0.15, -0.1) is 0 Å². The summed E-state index contributed by atoms with van der Waals surface area (Å²) < 4.78 is 5.32. The van der Waals surface area contributed by atoms with Gasteiger partial charge in [0.2, 0.25) is 0 Å². The number of allylic oxidation sites excluding steroid dienone is 1. The maximum atomic E-state index is 11.1. The molecule has 0 heterocycles. The molecule has 20 heavy (non-hydrogen) atoms. The number of hydrogen-bond acceptors (Lipinski definition) is 2. The molecule has 0 bridgehead atoms. The zero-order valence-corrected chi connectivity index (χ0v) is 12.3. The molecule has 2 heteroatoms. The fourth-order valence-corrected chi connectivity index (χ4v) is 3.59. The van der Waals surface area contributed by atoms with E-state index in [2.05, 4.69) is 18.2 Å². The number of rotatable bonds is 2. The number of aliphatic hydroxyl groups is 1. The number of methoxy groups -OCH3 is 1. The van der Waals surface area contributed by atoms with Gasteiger partial charge < -0.3 is 9.84 Å². The molecule has 0 spiro atoms. The second kappa shape index (κ2) is 5.61. The van der Waals surface area contributed by atoms with Crippen LogP contribution in [0, 0.1) is 0 Å². The second-order valence-electron chi connectivity index (χ2n) is 6.17. The number of fused-ring (bicyclic) bond motifs is 1. The first-order chi connectivity index (χ1) is 9.71. The van der Waals surface area contributed by atoms with E-state index in [1.165, 1.54) is 36.0 Å². The highest BCUT2D eigenvalue weighted by Gasteiger charge is 2.35. The lowest BCUT2D eigenvalue weighted by Crippen LogP contribution is -2.37. The van der Waals surface area contributed by atoms with Gasteiger partial charge in [-0.1, -0.05) is 18.6 Å². The number of ether oxygens (including phenoxy) is 1. The van der Waals surface area contributed by atoms with E-state index in [9.17, 15) is 5.11 Å². The third kappa shape index (κ3) is 2.62. The van der Waals surface area contributed by atoms with Crippen LogP contribution in [0.4, 0.5) is 0 Å². The third-order valence-electron chi connectivity index (χ3n) is 4.84. The van der Waals surface area contributed by atoms with Crippen molar-refractivity contribution in [1.82, 2.24) is 0 Å². The van der Waals surface area contributed by atoms with Crippen LogP contribution in [0.15, 0.2) is 29.8 Å². The first-order valence-electron chi connectivity index (χ1n) is 7.79. The van der Waals surface area contributed by atoms with Crippen LogP contribution in [0.2, 0.25) is 0 Å². The number of aryl methyl sites for hydroxylation is 1. The Bertz CT molecular complexity index is 518. The Kier molecular flexibility index (Phi) is 3.84. The van der Waals surface area contributed by atoms with E-state index in [-0.39, 0.29) is 0 Å². The highest BCUT2D eigenvalue weighted by atomic mass is 16.5. The average Bonchev–Trinajstić information content (AvgIpc) is 2.76. The van der Waals surface area contributed by atoms with E-state index in [0.717, 1.165) is 37.9 Å². The van der Waals surface area contributed by atoms with Crippen LogP contribution in [0.5, 0.6) is 5.75 Å². The van der Waals surface area contributed by atoms with Crippen molar-refractivity contribution in [1.29, 1.82) is 0 Å². The third-order valence-corrected chi connectivity index (χ3v) is 4.84. The monoisotopic (exact) mass is 272 g/mol. The molecule has 0 amide bonds. The number of hydrogen-bond donors (Lipinski definition) is 1. The molecule has 0 fully saturated rings. The van der Waals surface area contributed by atoms with Crippen LogP contribution in [0.25, 0.3) is 0 Å². The van der Waals surface area contributed by atoms with Crippen LogP contribution in [0.1, 0.15) is 49.7 Å². The Morgan fingerprint density at radius 1 is 1.10 bits per heavy atom. The Hall–Kier alpha value is -1.28. The Labute approximate surface area is 121 Å². The van der Waals surface area contributed by atoms with E-state index in [4.69, 9.17) is 4.74 Å². The van der Waals surface area contributed by atoms with Gasteiger partial charge in [0.1, 0.15) is 5.75 Å². The van der Waals surface area contributed by atoms with Crippen molar-refractivity contribution in [2.75, 3.05) is 7.11 Å². The first kappa shape index (κ1) is 13.7. The Balaban J connectivity index is 1.87. The highest BCUT2D eigenvalue weighted by Crippen LogP contribution is 2.38. The molecule has 2 aliphatic carbocycles. The van der Waals surface area contributed by atoms with Crippen molar-refractivity contribution in [3.8, 4) is 5.75 Å². The summed E-state index contributed by atoms with van der Waals surface area (Å²) in [7, 11) is 1.70. The van der Waals surface area contributed by atoms with Crippen LogP contribution in [0.3, 0.4) is 0 Å². The van der Waals surface area contributed by atoms with Gasteiger partial charge in [0, 0.05) is 6.42 Å². The number of benzene rings is 1. The smallest absolute Gasteiger partial charge is 0.119 e. The summed E-state index contributed by atoms with van der Waals surface area (Å²) in [6, 6.07) is 6.26. The van der Waals surface area contributed by atoms with Crippen molar-refractivity contribution in [3.63, 3.8) is 0 Å². The zero-order valence-electron chi connectivity index (χ0n) is 12.3. The summed E-state index contributed by atoms with van der Waals surface area (Å²) in [4.78, 5) is 0. The Morgan fingerprint density at radius 3 is 2.85 bits per heavy atom. The fraction of sp³-hybridized carbons (Fsp3) is 0.556. The van der Waals surface area contributed by atoms with Gasteiger partial charge in [-0.25, -0.2) is 0 Å². The molecule has 2 aliphatic rings. The molecule has 1 N–H and O–H groups in total. The van der Waals surface area contributed by atoms with E-state index >= 15 is 0 Å². The van der Waals surface area contributed by atoms with Crippen LogP contribution in [-0.4, -0.2) is 17.8 Å². The topological polar surface area (TPSA) is 29.5 Å². The minimum atomic E-state index is -0.621. The normalized spacial score (nSPS) is 26.4. The maximum Gasteiger partial charge on any atom is 0.119 e. The first-order valence-corrected chi connectivity index (χ1v) is 7.79. The molecule has 0 saturated carbocycles. The van der Waals surface area contributed by atoms with Crippen LogP contribution < -0.4 is 4.74 Å². The standard InChI is InChI=1S/C18H24O2/c1-20-17-9-8-14-10-11-18(19,13-15(14)12-17)16-6-4-2-3-5-7-16/h6,8-9,12,19H,2-5,7,10-11,13H2,1H3. The molecule has 1 aromatic rings. The summed E-state index contributed by atoms with van der Waals surface area (Å²) >= 11 is 0. The lowest BCUT2D eigenvalue weighted by atomic mass is 9.75. The van der Waals surface area contributed by atoms with E-state index < -0.39 is 5.60 Å². The minimum absolute atomic E-state index is 0.621. The van der Waals surface area contributed by atoms with Crippen molar-refractivity contribution >= 4 is 0 Å². The van der Waals surface area contributed by atoms with Crippen molar-refractivity contribution in [3.05, 3.63) is 41.0 Å². The van der Waals surface area contributed by atoms with Gasteiger partial charge in [0.05, 0.1) is 12.7 Å². The van der Waals surface area contributed by atoms with Crippen LogP contribution in [-0.2, 0) is 12.8 Å². The SMILES string of the molecule is COc1ccc2c(c1)CC(O)(C1=CCCCCC1)CC2.